The van der Waals surface area contributed by atoms with Crippen molar-refractivity contribution in [2.75, 3.05) is 5.32 Å². The smallest absolute Gasteiger partial charge is 0.137 e. The Labute approximate surface area is 144 Å². The molecule has 0 bridgehead atoms. The van der Waals surface area contributed by atoms with E-state index in [1.807, 2.05) is 26.8 Å². The van der Waals surface area contributed by atoms with Crippen LogP contribution in [-0.4, -0.2) is 15.2 Å². The first-order chi connectivity index (χ1) is 11.7. The van der Waals surface area contributed by atoms with E-state index in [-0.39, 0.29) is 0 Å². The number of aromatic amines is 1. The molecule has 0 spiro atoms. The number of nitrogens with one attached hydrogen (secondary N) is 2. The number of aryl methyl sites for hydroxylation is 3. The van der Waals surface area contributed by atoms with E-state index in [4.69, 9.17) is 0 Å². The van der Waals surface area contributed by atoms with E-state index in [1.165, 1.54) is 16.7 Å². The highest BCUT2D eigenvalue weighted by atomic mass is 15.1. The van der Waals surface area contributed by atoms with Crippen molar-refractivity contribution in [1.29, 1.82) is 0 Å². The molecule has 2 heterocycles. The molecule has 0 atom stereocenters. The van der Waals surface area contributed by atoms with Crippen LogP contribution >= 0.6 is 0 Å². The number of benzene rings is 1. The van der Waals surface area contributed by atoms with Gasteiger partial charge in [-0.2, -0.15) is 5.10 Å². The summed E-state index contributed by atoms with van der Waals surface area (Å²) in [5.41, 5.74) is 6.13. The monoisotopic (exact) mass is 324 g/mol. The zero-order valence-corrected chi connectivity index (χ0v) is 15.4. The summed E-state index contributed by atoms with van der Waals surface area (Å²) in [4.78, 5) is 4.47. The summed E-state index contributed by atoms with van der Waals surface area (Å²) in [6.45, 7) is 11.2. The van der Waals surface area contributed by atoms with Crippen molar-refractivity contribution in [2.24, 2.45) is 0 Å². The second-order valence-electron chi connectivity index (χ2n) is 5.57. The molecule has 0 fully saturated rings. The number of hydrogen-bond acceptors (Lipinski definition) is 3. The normalized spacial score (nSPS) is 10.4. The molecule has 0 aliphatic rings. The molecule has 4 heteroatoms. The highest BCUT2D eigenvalue weighted by Crippen LogP contribution is 2.23. The molecule has 0 amide bonds. The molecule has 0 aliphatic carbocycles. The van der Waals surface area contributed by atoms with Crippen LogP contribution in [0.2, 0.25) is 0 Å². The summed E-state index contributed by atoms with van der Waals surface area (Å²) >= 11 is 0. The van der Waals surface area contributed by atoms with E-state index in [9.17, 15) is 0 Å². The molecule has 0 saturated heterocycles. The van der Waals surface area contributed by atoms with Crippen molar-refractivity contribution in [3.8, 4) is 0 Å². The predicted octanol–water partition coefficient (Wildman–Crippen LogP) is 5.03. The highest BCUT2D eigenvalue weighted by molar-refractivity contribution is 5.91. The lowest BCUT2D eigenvalue weighted by Gasteiger charge is -2.12. The summed E-state index contributed by atoms with van der Waals surface area (Å²) in [5.74, 6) is 0.894. The van der Waals surface area contributed by atoms with Gasteiger partial charge in [-0.1, -0.05) is 45.9 Å². The maximum absolute atomic E-state index is 4.47. The van der Waals surface area contributed by atoms with Crippen LogP contribution < -0.4 is 5.32 Å². The van der Waals surface area contributed by atoms with Gasteiger partial charge in [0.25, 0.3) is 0 Å². The van der Waals surface area contributed by atoms with Gasteiger partial charge in [-0.25, -0.2) is 4.98 Å². The van der Waals surface area contributed by atoms with Crippen LogP contribution in [0, 0.1) is 6.92 Å². The Bertz CT molecular complexity index is 789. The molecule has 1 aromatic carbocycles. The Hall–Kier alpha value is -2.36. The van der Waals surface area contributed by atoms with E-state index >= 15 is 0 Å². The Morgan fingerprint density at radius 3 is 2.54 bits per heavy atom. The van der Waals surface area contributed by atoms with Crippen molar-refractivity contribution >= 4 is 16.7 Å². The maximum atomic E-state index is 4.47. The molecule has 0 unspecified atom stereocenters. The number of hydrogen-bond donors (Lipinski definition) is 2. The topological polar surface area (TPSA) is 53.6 Å². The van der Waals surface area contributed by atoms with Crippen molar-refractivity contribution in [1.82, 2.24) is 15.2 Å². The van der Waals surface area contributed by atoms with Crippen LogP contribution in [0.1, 0.15) is 50.1 Å². The van der Waals surface area contributed by atoms with Crippen molar-refractivity contribution < 1.29 is 0 Å². The summed E-state index contributed by atoms with van der Waals surface area (Å²) in [6.07, 6.45) is 3.93. The molecule has 0 radical (unpaired) electrons. The Kier molecular flexibility index (Phi) is 6.36. The minimum Gasteiger partial charge on any atom is -0.365 e. The largest absolute Gasteiger partial charge is 0.365 e. The first kappa shape index (κ1) is 18.0. The average Bonchev–Trinajstić information content (AvgIpc) is 3.03. The lowest BCUT2D eigenvalue weighted by Crippen LogP contribution is -2.05. The second-order valence-corrected chi connectivity index (χ2v) is 5.57. The minimum atomic E-state index is 0.782. The fourth-order valence-corrected chi connectivity index (χ4v) is 2.83. The van der Waals surface area contributed by atoms with Gasteiger partial charge in [0.1, 0.15) is 5.82 Å². The van der Waals surface area contributed by atoms with E-state index < -0.39 is 0 Å². The van der Waals surface area contributed by atoms with Gasteiger partial charge in [0.05, 0.1) is 10.9 Å². The van der Waals surface area contributed by atoms with Crippen LogP contribution in [0.25, 0.3) is 10.9 Å². The van der Waals surface area contributed by atoms with E-state index in [2.05, 4.69) is 52.5 Å². The summed E-state index contributed by atoms with van der Waals surface area (Å²) in [5, 5.41) is 11.9. The Morgan fingerprint density at radius 2 is 1.83 bits per heavy atom. The van der Waals surface area contributed by atoms with E-state index in [0.29, 0.717) is 0 Å². The first-order valence-electron chi connectivity index (χ1n) is 8.87. The second kappa shape index (κ2) is 8.48. The van der Waals surface area contributed by atoms with Gasteiger partial charge in [-0.05, 0) is 42.5 Å². The molecule has 3 aromatic rings. The van der Waals surface area contributed by atoms with Gasteiger partial charge in [0.15, 0.2) is 0 Å². The summed E-state index contributed by atoms with van der Waals surface area (Å²) in [7, 11) is 0. The number of pyridine rings is 1. The molecule has 4 nitrogen and oxygen atoms in total. The predicted molar refractivity (Wildman–Crippen MR) is 102 cm³/mol. The summed E-state index contributed by atoms with van der Waals surface area (Å²) < 4.78 is 0. The molecule has 2 aromatic heterocycles. The average molecular weight is 324 g/mol. The number of H-pyrrole nitrogens is 1. The Morgan fingerprint density at radius 1 is 1.04 bits per heavy atom. The lowest BCUT2D eigenvalue weighted by molar-refractivity contribution is 1.02. The zero-order valence-electron chi connectivity index (χ0n) is 15.4. The molecular weight excluding hydrogens is 296 g/mol. The third-order valence-corrected chi connectivity index (χ3v) is 4.15. The number of nitrogens with zero attached hydrogens (tertiary/aromatic N) is 2. The number of fused-ring (bicyclic) bond motifs is 1. The highest BCUT2D eigenvalue weighted by Gasteiger charge is 2.09. The van der Waals surface area contributed by atoms with Crippen molar-refractivity contribution in [3.05, 3.63) is 52.8 Å². The van der Waals surface area contributed by atoms with Crippen LogP contribution in [0.4, 0.5) is 5.82 Å². The third kappa shape index (κ3) is 3.75. The number of rotatable bonds is 5. The van der Waals surface area contributed by atoms with Crippen molar-refractivity contribution in [3.63, 3.8) is 0 Å². The molecular formula is C20H28N4. The van der Waals surface area contributed by atoms with E-state index in [1.54, 1.807) is 6.20 Å². The standard InChI is InChI=1S/C18H22N4.C2H6/c1-4-13-6-7-15(14(5-2)10-13)11-20-18-17-12(3)21-22-16(17)8-9-19-18;1-2/h6-10H,4-5,11H2,1-3H3,(H,19,20)(H,21,22);1-2H3. The van der Waals surface area contributed by atoms with Gasteiger partial charge in [0.2, 0.25) is 0 Å². The number of anilines is 1. The van der Waals surface area contributed by atoms with Crippen LogP contribution in [0.5, 0.6) is 0 Å². The van der Waals surface area contributed by atoms with Crippen LogP contribution in [0.15, 0.2) is 30.5 Å². The Balaban J connectivity index is 0.00000100. The minimum absolute atomic E-state index is 0.782. The fourth-order valence-electron chi connectivity index (χ4n) is 2.83. The lowest BCUT2D eigenvalue weighted by atomic mass is 10.0. The van der Waals surface area contributed by atoms with Gasteiger partial charge < -0.3 is 5.32 Å². The van der Waals surface area contributed by atoms with Gasteiger partial charge in [-0.15, -0.1) is 0 Å². The molecule has 24 heavy (non-hydrogen) atoms. The van der Waals surface area contributed by atoms with Crippen LogP contribution in [-0.2, 0) is 19.4 Å². The van der Waals surface area contributed by atoms with Crippen LogP contribution in [0.3, 0.4) is 0 Å². The van der Waals surface area contributed by atoms with Crippen molar-refractivity contribution in [2.45, 2.75) is 54.0 Å². The van der Waals surface area contributed by atoms with Gasteiger partial charge >= 0.3 is 0 Å². The molecule has 3 rings (SSSR count). The maximum Gasteiger partial charge on any atom is 0.137 e. The van der Waals surface area contributed by atoms with Gasteiger partial charge in [-0.3, -0.25) is 5.10 Å². The van der Waals surface area contributed by atoms with Gasteiger partial charge in [0, 0.05) is 18.4 Å². The molecule has 0 saturated carbocycles. The zero-order chi connectivity index (χ0) is 17.5. The number of aromatic nitrogens is 3. The fraction of sp³-hybridized carbons (Fsp3) is 0.400. The molecule has 2 N–H and O–H groups in total. The SMILES string of the molecule is CC.CCc1ccc(CNc2nccc3n[nH]c(C)c23)c(CC)c1. The van der Waals surface area contributed by atoms with E-state index in [0.717, 1.165) is 41.8 Å². The third-order valence-electron chi connectivity index (χ3n) is 4.15. The summed E-state index contributed by atoms with van der Waals surface area (Å²) in [6, 6.07) is 8.69. The first-order valence-corrected chi connectivity index (χ1v) is 8.87. The molecule has 0 aliphatic heterocycles. The molecule has 128 valence electrons. The quantitative estimate of drug-likeness (QED) is 0.692.